The maximum atomic E-state index is 9.41. The van der Waals surface area contributed by atoms with E-state index in [1.807, 2.05) is 43.3 Å². The lowest BCUT2D eigenvalue weighted by Gasteiger charge is -2.10. The van der Waals surface area contributed by atoms with Crippen molar-refractivity contribution in [2.45, 2.75) is 13.3 Å². The van der Waals surface area contributed by atoms with Crippen molar-refractivity contribution in [1.29, 1.82) is 5.26 Å². The van der Waals surface area contributed by atoms with E-state index < -0.39 is 0 Å². The summed E-state index contributed by atoms with van der Waals surface area (Å²) in [7, 11) is 0. The SMILES string of the molecule is CCc1ncc(-c2cc(-c3ccccc3)nc(N)c2C#N)cn1. The predicted octanol–water partition coefficient (Wildman–Crippen LogP) is 3.22. The van der Waals surface area contributed by atoms with Gasteiger partial charge in [0.1, 0.15) is 23.3 Å². The van der Waals surface area contributed by atoms with Crippen LogP contribution >= 0.6 is 0 Å². The molecule has 112 valence electrons. The van der Waals surface area contributed by atoms with Crippen LogP contribution in [0.4, 0.5) is 5.82 Å². The molecule has 0 saturated heterocycles. The van der Waals surface area contributed by atoms with Crippen LogP contribution in [-0.2, 0) is 6.42 Å². The van der Waals surface area contributed by atoms with Gasteiger partial charge in [0.15, 0.2) is 0 Å². The average Bonchev–Trinajstić information content (AvgIpc) is 2.62. The van der Waals surface area contributed by atoms with Crippen molar-refractivity contribution in [3.05, 3.63) is 60.2 Å². The molecule has 2 N–H and O–H groups in total. The van der Waals surface area contributed by atoms with Crippen LogP contribution in [-0.4, -0.2) is 15.0 Å². The first-order valence-corrected chi connectivity index (χ1v) is 7.30. The van der Waals surface area contributed by atoms with E-state index in [2.05, 4.69) is 21.0 Å². The molecule has 0 bridgehead atoms. The number of hydrogen-bond donors (Lipinski definition) is 1. The minimum Gasteiger partial charge on any atom is -0.383 e. The number of aromatic nitrogens is 3. The summed E-state index contributed by atoms with van der Waals surface area (Å²) >= 11 is 0. The lowest BCUT2D eigenvalue weighted by molar-refractivity contribution is 0.941. The molecule has 0 saturated carbocycles. The molecule has 0 spiro atoms. The summed E-state index contributed by atoms with van der Waals surface area (Å²) in [6, 6.07) is 13.7. The lowest BCUT2D eigenvalue weighted by Crippen LogP contribution is -2.01. The van der Waals surface area contributed by atoms with Gasteiger partial charge in [0.25, 0.3) is 0 Å². The number of benzene rings is 1. The van der Waals surface area contributed by atoms with E-state index in [0.717, 1.165) is 29.1 Å². The maximum Gasteiger partial charge on any atom is 0.142 e. The fourth-order valence-electron chi connectivity index (χ4n) is 2.34. The summed E-state index contributed by atoms with van der Waals surface area (Å²) in [5.41, 5.74) is 9.44. The summed E-state index contributed by atoms with van der Waals surface area (Å²) in [5, 5.41) is 9.41. The molecule has 0 atom stereocenters. The largest absolute Gasteiger partial charge is 0.383 e. The summed E-state index contributed by atoms with van der Waals surface area (Å²) in [4.78, 5) is 12.9. The first-order valence-electron chi connectivity index (χ1n) is 7.30. The van der Waals surface area contributed by atoms with E-state index in [4.69, 9.17) is 5.73 Å². The number of hydrogen-bond acceptors (Lipinski definition) is 5. The van der Waals surface area contributed by atoms with Gasteiger partial charge in [-0.25, -0.2) is 15.0 Å². The Morgan fingerprint density at radius 3 is 2.39 bits per heavy atom. The zero-order chi connectivity index (χ0) is 16.2. The molecule has 3 aromatic rings. The molecule has 0 aliphatic rings. The molecule has 0 aliphatic heterocycles. The van der Waals surface area contributed by atoms with Crippen molar-refractivity contribution in [3.8, 4) is 28.5 Å². The first-order chi connectivity index (χ1) is 11.2. The molecule has 1 aromatic carbocycles. The molecule has 0 fully saturated rings. The predicted molar refractivity (Wildman–Crippen MR) is 89.2 cm³/mol. The molecule has 5 heteroatoms. The van der Waals surface area contributed by atoms with E-state index in [1.165, 1.54) is 0 Å². The van der Waals surface area contributed by atoms with Crippen LogP contribution in [0, 0.1) is 11.3 Å². The van der Waals surface area contributed by atoms with Gasteiger partial charge >= 0.3 is 0 Å². The molecular weight excluding hydrogens is 286 g/mol. The third kappa shape index (κ3) is 2.87. The van der Waals surface area contributed by atoms with E-state index in [1.54, 1.807) is 12.4 Å². The number of anilines is 1. The van der Waals surface area contributed by atoms with Crippen molar-refractivity contribution in [2.75, 3.05) is 5.73 Å². The molecule has 2 aromatic heterocycles. The standard InChI is InChI=1S/C18H15N5/c1-2-17-21-10-13(11-22-17)14-8-16(12-6-4-3-5-7-12)23-18(20)15(14)9-19/h3-8,10-11H,2H2,1H3,(H2,20,23). The Bertz CT molecular complexity index is 864. The normalized spacial score (nSPS) is 10.3. The summed E-state index contributed by atoms with van der Waals surface area (Å²) in [6.07, 6.45) is 4.20. The Kier molecular flexibility index (Phi) is 3.98. The van der Waals surface area contributed by atoms with Gasteiger partial charge < -0.3 is 5.73 Å². The van der Waals surface area contributed by atoms with Crippen molar-refractivity contribution < 1.29 is 0 Å². The Labute approximate surface area is 134 Å². The molecule has 3 rings (SSSR count). The zero-order valence-electron chi connectivity index (χ0n) is 12.7. The van der Waals surface area contributed by atoms with Gasteiger partial charge in [-0.3, -0.25) is 0 Å². The third-order valence-electron chi connectivity index (χ3n) is 3.56. The minimum absolute atomic E-state index is 0.212. The Hall–Kier alpha value is -3.26. The van der Waals surface area contributed by atoms with Gasteiger partial charge in [-0.15, -0.1) is 0 Å². The molecule has 5 nitrogen and oxygen atoms in total. The Morgan fingerprint density at radius 2 is 1.78 bits per heavy atom. The van der Waals surface area contributed by atoms with Crippen LogP contribution in [0.3, 0.4) is 0 Å². The van der Waals surface area contributed by atoms with Crippen molar-refractivity contribution in [2.24, 2.45) is 0 Å². The van der Waals surface area contributed by atoms with Crippen molar-refractivity contribution in [3.63, 3.8) is 0 Å². The fraction of sp³-hybridized carbons (Fsp3) is 0.111. The molecular formula is C18H15N5. The lowest BCUT2D eigenvalue weighted by atomic mass is 10.0. The summed E-state index contributed by atoms with van der Waals surface area (Å²) < 4.78 is 0. The van der Waals surface area contributed by atoms with Crippen LogP contribution in [0.5, 0.6) is 0 Å². The molecule has 2 heterocycles. The fourth-order valence-corrected chi connectivity index (χ4v) is 2.34. The Balaban J connectivity index is 2.18. The quantitative estimate of drug-likeness (QED) is 0.802. The van der Waals surface area contributed by atoms with Gasteiger partial charge in [0.2, 0.25) is 0 Å². The zero-order valence-corrected chi connectivity index (χ0v) is 12.7. The monoisotopic (exact) mass is 301 g/mol. The first kappa shape index (κ1) is 14.7. The number of nitrogen functional groups attached to an aromatic ring is 1. The third-order valence-corrected chi connectivity index (χ3v) is 3.56. The van der Waals surface area contributed by atoms with Gasteiger partial charge in [-0.1, -0.05) is 37.3 Å². The van der Waals surface area contributed by atoms with Crippen LogP contribution in [0.2, 0.25) is 0 Å². The minimum atomic E-state index is 0.212. The highest BCUT2D eigenvalue weighted by atomic mass is 14.9. The van der Waals surface area contributed by atoms with Crippen molar-refractivity contribution in [1.82, 2.24) is 15.0 Å². The topological polar surface area (TPSA) is 88.5 Å². The molecule has 0 amide bonds. The highest BCUT2D eigenvalue weighted by molar-refractivity contribution is 5.79. The second kappa shape index (κ2) is 6.24. The van der Waals surface area contributed by atoms with E-state index >= 15 is 0 Å². The van der Waals surface area contributed by atoms with E-state index in [-0.39, 0.29) is 5.82 Å². The van der Waals surface area contributed by atoms with Crippen LogP contribution < -0.4 is 5.73 Å². The highest BCUT2D eigenvalue weighted by Gasteiger charge is 2.14. The van der Waals surface area contributed by atoms with Crippen LogP contribution in [0.1, 0.15) is 18.3 Å². The van der Waals surface area contributed by atoms with Gasteiger partial charge in [-0.05, 0) is 6.07 Å². The smallest absolute Gasteiger partial charge is 0.142 e. The summed E-state index contributed by atoms with van der Waals surface area (Å²) in [5.74, 6) is 0.973. The average molecular weight is 301 g/mol. The van der Waals surface area contributed by atoms with Gasteiger partial charge in [0.05, 0.1) is 5.69 Å². The number of pyridine rings is 1. The van der Waals surface area contributed by atoms with Crippen molar-refractivity contribution >= 4 is 5.82 Å². The second-order valence-corrected chi connectivity index (χ2v) is 5.03. The van der Waals surface area contributed by atoms with E-state index in [0.29, 0.717) is 11.1 Å². The maximum absolute atomic E-state index is 9.41. The van der Waals surface area contributed by atoms with Crippen LogP contribution in [0.25, 0.3) is 22.4 Å². The number of nitrogens with zero attached hydrogens (tertiary/aromatic N) is 4. The molecule has 0 unspecified atom stereocenters. The van der Waals surface area contributed by atoms with Crippen LogP contribution in [0.15, 0.2) is 48.8 Å². The number of nitrogens with two attached hydrogens (primary N) is 1. The molecule has 23 heavy (non-hydrogen) atoms. The molecule has 0 aliphatic carbocycles. The highest BCUT2D eigenvalue weighted by Crippen LogP contribution is 2.30. The number of aryl methyl sites for hydroxylation is 1. The van der Waals surface area contributed by atoms with Gasteiger partial charge in [0, 0.05) is 35.5 Å². The number of rotatable bonds is 3. The summed E-state index contributed by atoms with van der Waals surface area (Å²) in [6.45, 7) is 1.99. The Morgan fingerprint density at radius 1 is 1.09 bits per heavy atom. The second-order valence-electron chi connectivity index (χ2n) is 5.03. The number of nitriles is 1. The van der Waals surface area contributed by atoms with E-state index in [9.17, 15) is 5.26 Å². The molecule has 0 radical (unpaired) electrons. The van der Waals surface area contributed by atoms with Gasteiger partial charge in [-0.2, -0.15) is 5.26 Å².